The molecule has 0 saturated carbocycles. The predicted octanol–water partition coefficient (Wildman–Crippen LogP) is 5.62. The number of fused-ring (bicyclic) bond motifs is 1. The van der Waals surface area contributed by atoms with E-state index in [-0.39, 0.29) is 5.54 Å². The van der Waals surface area contributed by atoms with Gasteiger partial charge in [-0.3, -0.25) is 0 Å². The smallest absolute Gasteiger partial charge is 0.113 e. The highest BCUT2D eigenvalue weighted by molar-refractivity contribution is 5.74. The summed E-state index contributed by atoms with van der Waals surface area (Å²) in [5, 5.41) is 9.14. The van der Waals surface area contributed by atoms with E-state index in [4.69, 9.17) is 0 Å². The molecule has 0 aliphatic heterocycles. The molecule has 0 spiro atoms. The number of aromatic nitrogens is 3. The van der Waals surface area contributed by atoms with Crippen molar-refractivity contribution >= 4 is 16.7 Å². The van der Waals surface area contributed by atoms with E-state index in [9.17, 15) is 0 Å². The van der Waals surface area contributed by atoms with Crippen molar-refractivity contribution in [2.45, 2.75) is 57.9 Å². The number of nitrogens with zero attached hydrogens (tertiary/aromatic N) is 4. The molecule has 4 nitrogen and oxygen atoms in total. The maximum absolute atomic E-state index is 4.66. The fourth-order valence-electron chi connectivity index (χ4n) is 3.94. The first-order valence-electron chi connectivity index (χ1n) is 10.2. The second-order valence-corrected chi connectivity index (χ2v) is 7.67. The van der Waals surface area contributed by atoms with Gasteiger partial charge in [-0.25, -0.2) is 4.68 Å². The summed E-state index contributed by atoms with van der Waals surface area (Å²) in [7, 11) is 4.17. The highest BCUT2D eigenvalue weighted by atomic mass is 15.5. The molecule has 3 aromatic rings. The lowest BCUT2D eigenvalue weighted by Crippen LogP contribution is -2.36. The average molecular weight is 365 g/mol. The molecule has 0 radical (unpaired) electrons. The lowest BCUT2D eigenvalue weighted by atomic mass is 9.80. The molecule has 27 heavy (non-hydrogen) atoms. The largest absolute Gasteiger partial charge is 0.378 e. The fourth-order valence-corrected chi connectivity index (χ4v) is 3.94. The monoisotopic (exact) mass is 364 g/mol. The van der Waals surface area contributed by atoms with Crippen molar-refractivity contribution in [2.75, 3.05) is 19.0 Å². The SMILES string of the molecule is CCCCC(CCCC)(c1ccc(N(C)C)cc1)n1nnc2ccccc21. The molecule has 1 aromatic heterocycles. The molecule has 0 aliphatic rings. The number of anilines is 1. The van der Waals surface area contributed by atoms with Crippen molar-refractivity contribution in [3.8, 4) is 0 Å². The normalized spacial score (nSPS) is 11.9. The molecule has 1 heterocycles. The molecule has 2 aromatic carbocycles. The molecule has 0 amide bonds. The number of benzene rings is 2. The maximum atomic E-state index is 4.66. The third kappa shape index (κ3) is 3.85. The van der Waals surface area contributed by atoms with Crippen LogP contribution in [0.2, 0.25) is 0 Å². The second-order valence-electron chi connectivity index (χ2n) is 7.67. The summed E-state index contributed by atoms with van der Waals surface area (Å²) in [5.74, 6) is 0. The molecule has 0 atom stereocenters. The molecule has 3 rings (SSSR count). The summed E-state index contributed by atoms with van der Waals surface area (Å²) >= 11 is 0. The quantitative estimate of drug-likeness (QED) is 0.494. The summed E-state index contributed by atoms with van der Waals surface area (Å²) in [6.07, 6.45) is 6.86. The third-order valence-corrected chi connectivity index (χ3v) is 5.57. The van der Waals surface area contributed by atoms with E-state index in [2.05, 4.69) is 90.3 Å². The van der Waals surface area contributed by atoms with Gasteiger partial charge in [0.15, 0.2) is 0 Å². The Morgan fingerprint density at radius 3 is 2.11 bits per heavy atom. The van der Waals surface area contributed by atoms with Gasteiger partial charge in [0.1, 0.15) is 5.52 Å². The van der Waals surface area contributed by atoms with Crippen molar-refractivity contribution in [3.05, 3.63) is 54.1 Å². The minimum absolute atomic E-state index is 0.146. The van der Waals surface area contributed by atoms with Gasteiger partial charge in [-0.2, -0.15) is 0 Å². The van der Waals surface area contributed by atoms with Crippen molar-refractivity contribution < 1.29 is 0 Å². The van der Waals surface area contributed by atoms with Crippen LogP contribution >= 0.6 is 0 Å². The van der Waals surface area contributed by atoms with E-state index in [0.29, 0.717) is 0 Å². The second kappa shape index (κ2) is 8.55. The predicted molar refractivity (Wildman–Crippen MR) is 114 cm³/mol. The van der Waals surface area contributed by atoms with Gasteiger partial charge in [-0.1, -0.05) is 69.0 Å². The molecular weight excluding hydrogens is 332 g/mol. The summed E-state index contributed by atoms with van der Waals surface area (Å²) in [4.78, 5) is 2.15. The minimum atomic E-state index is -0.146. The third-order valence-electron chi connectivity index (χ3n) is 5.57. The van der Waals surface area contributed by atoms with Crippen LogP contribution in [0.3, 0.4) is 0 Å². The van der Waals surface area contributed by atoms with Gasteiger partial charge in [-0.05, 0) is 42.7 Å². The number of hydrogen-bond acceptors (Lipinski definition) is 3. The van der Waals surface area contributed by atoms with Gasteiger partial charge in [0.05, 0.1) is 11.1 Å². The Hall–Kier alpha value is -2.36. The lowest BCUT2D eigenvalue weighted by molar-refractivity contribution is 0.263. The van der Waals surface area contributed by atoms with Crippen LogP contribution in [-0.4, -0.2) is 29.1 Å². The molecule has 0 fully saturated rings. The first-order chi connectivity index (χ1) is 13.1. The minimum Gasteiger partial charge on any atom is -0.378 e. The molecule has 0 bridgehead atoms. The van der Waals surface area contributed by atoms with Gasteiger partial charge in [0, 0.05) is 19.8 Å². The van der Waals surface area contributed by atoms with Crippen molar-refractivity contribution in [1.29, 1.82) is 0 Å². The van der Waals surface area contributed by atoms with E-state index < -0.39 is 0 Å². The van der Waals surface area contributed by atoms with E-state index in [1.807, 2.05) is 6.07 Å². The molecule has 4 heteroatoms. The highest BCUT2D eigenvalue weighted by Crippen LogP contribution is 2.39. The molecule has 0 aliphatic carbocycles. The standard InChI is InChI=1S/C23H32N4/c1-5-7-17-23(18-8-6-2,19-13-15-20(16-14-19)26(3)4)27-22-12-10-9-11-21(22)24-25-27/h9-16H,5-8,17-18H2,1-4H3. The fraction of sp³-hybridized carbons (Fsp3) is 0.478. The van der Waals surface area contributed by atoms with Crippen molar-refractivity contribution in [3.63, 3.8) is 0 Å². The molecule has 0 N–H and O–H groups in total. The van der Waals surface area contributed by atoms with Crippen LogP contribution in [0.1, 0.15) is 57.9 Å². The molecular formula is C23H32N4. The van der Waals surface area contributed by atoms with Crippen LogP contribution in [0.15, 0.2) is 48.5 Å². The van der Waals surface area contributed by atoms with Gasteiger partial charge in [0.25, 0.3) is 0 Å². The van der Waals surface area contributed by atoms with E-state index in [1.165, 1.54) is 36.9 Å². The molecule has 0 unspecified atom stereocenters. The summed E-state index contributed by atoms with van der Waals surface area (Å²) in [6, 6.07) is 17.3. The Bertz CT molecular complexity index is 840. The topological polar surface area (TPSA) is 34.0 Å². The first kappa shape index (κ1) is 19.4. The average Bonchev–Trinajstić information content (AvgIpc) is 3.13. The van der Waals surface area contributed by atoms with Crippen LogP contribution in [-0.2, 0) is 5.54 Å². The Morgan fingerprint density at radius 2 is 1.52 bits per heavy atom. The van der Waals surface area contributed by atoms with Crippen LogP contribution in [0.5, 0.6) is 0 Å². The van der Waals surface area contributed by atoms with Crippen LogP contribution in [0.4, 0.5) is 5.69 Å². The Kier molecular flexibility index (Phi) is 6.15. The zero-order valence-corrected chi connectivity index (χ0v) is 17.2. The molecule has 0 saturated heterocycles. The van der Waals surface area contributed by atoms with Crippen LogP contribution in [0, 0.1) is 0 Å². The Balaban J connectivity index is 2.17. The van der Waals surface area contributed by atoms with Gasteiger partial charge in [0.2, 0.25) is 0 Å². The molecule has 144 valence electrons. The maximum Gasteiger partial charge on any atom is 0.113 e. The summed E-state index contributed by atoms with van der Waals surface area (Å²) in [5.41, 5.74) is 4.52. The van der Waals surface area contributed by atoms with Gasteiger partial charge >= 0.3 is 0 Å². The number of hydrogen-bond donors (Lipinski definition) is 0. The summed E-state index contributed by atoms with van der Waals surface area (Å²) in [6.45, 7) is 4.53. The Labute approximate surface area is 163 Å². The number of para-hydroxylation sites is 1. The Morgan fingerprint density at radius 1 is 0.889 bits per heavy atom. The van der Waals surface area contributed by atoms with Crippen LogP contribution in [0.25, 0.3) is 11.0 Å². The van der Waals surface area contributed by atoms with E-state index in [1.54, 1.807) is 0 Å². The summed E-state index contributed by atoms with van der Waals surface area (Å²) < 4.78 is 2.21. The zero-order chi connectivity index (χ0) is 19.3. The van der Waals surface area contributed by atoms with Gasteiger partial charge < -0.3 is 4.90 Å². The van der Waals surface area contributed by atoms with Crippen LogP contribution < -0.4 is 4.90 Å². The lowest BCUT2D eigenvalue weighted by Gasteiger charge is -2.35. The number of unbranched alkanes of at least 4 members (excludes halogenated alkanes) is 2. The highest BCUT2D eigenvalue weighted by Gasteiger charge is 2.35. The van der Waals surface area contributed by atoms with Crippen molar-refractivity contribution in [2.24, 2.45) is 0 Å². The van der Waals surface area contributed by atoms with Gasteiger partial charge in [-0.15, -0.1) is 5.10 Å². The van der Waals surface area contributed by atoms with Crippen molar-refractivity contribution in [1.82, 2.24) is 15.0 Å². The zero-order valence-electron chi connectivity index (χ0n) is 17.2. The first-order valence-corrected chi connectivity index (χ1v) is 10.2. The van der Waals surface area contributed by atoms with E-state index in [0.717, 1.165) is 23.9 Å². The number of rotatable bonds is 9. The van der Waals surface area contributed by atoms with E-state index >= 15 is 0 Å².